The first-order valence-electron chi connectivity index (χ1n) is 5.87. The van der Waals surface area contributed by atoms with Gasteiger partial charge in [-0.3, -0.25) is 0 Å². The van der Waals surface area contributed by atoms with E-state index >= 15 is 0 Å². The molecule has 0 bridgehead atoms. The molecule has 0 saturated carbocycles. The van der Waals surface area contributed by atoms with Crippen LogP contribution in [0.25, 0.3) is 0 Å². The molecular weight excluding hydrogens is 176 g/mol. The van der Waals surface area contributed by atoms with E-state index in [1.807, 2.05) is 0 Å². The molecular formula is C11H24N2O. The van der Waals surface area contributed by atoms with Gasteiger partial charge in [-0.05, 0) is 45.4 Å². The molecule has 0 aromatic rings. The summed E-state index contributed by atoms with van der Waals surface area (Å²) in [5.41, 5.74) is 0. The maximum atomic E-state index is 5.36. The minimum Gasteiger partial charge on any atom is -0.380 e. The molecule has 3 nitrogen and oxygen atoms in total. The smallest absolute Gasteiger partial charge is 0.0593 e. The summed E-state index contributed by atoms with van der Waals surface area (Å²) >= 11 is 0. The molecule has 0 spiro atoms. The van der Waals surface area contributed by atoms with Gasteiger partial charge < -0.3 is 15.0 Å². The van der Waals surface area contributed by atoms with Crippen molar-refractivity contribution < 1.29 is 4.74 Å². The number of ether oxygens (including phenoxy) is 1. The van der Waals surface area contributed by atoms with Gasteiger partial charge in [0.15, 0.2) is 0 Å². The summed E-state index contributed by atoms with van der Waals surface area (Å²) in [6.07, 6.45) is 1.34. The molecule has 0 radical (unpaired) electrons. The SMILES string of the molecule is CCOCCN(CC)CCC1CNC1. The van der Waals surface area contributed by atoms with Crippen LogP contribution < -0.4 is 5.32 Å². The molecule has 1 fully saturated rings. The van der Waals surface area contributed by atoms with Crippen LogP contribution in [0.3, 0.4) is 0 Å². The van der Waals surface area contributed by atoms with Crippen molar-refractivity contribution in [2.75, 3.05) is 45.9 Å². The summed E-state index contributed by atoms with van der Waals surface area (Å²) in [5.74, 6) is 0.927. The summed E-state index contributed by atoms with van der Waals surface area (Å²) in [7, 11) is 0. The third-order valence-corrected chi connectivity index (χ3v) is 2.92. The van der Waals surface area contributed by atoms with Crippen molar-refractivity contribution >= 4 is 0 Å². The second kappa shape index (κ2) is 7.21. The molecule has 1 N–H and O–H groups in total. The highest BCUT2D eigenvalue weighted by Crippen LogP contribution is 2.08. The predicted molar refractivity (Wildman–Crippen MR) is 59.6 cm³/mol. The van der Waals surface area contributed by atoms with Crippen LogP contribution in [0.1, 0.15) is 20.3 Å². The average Bonchev–Trinajstić information content (AvgIpc) is 2.13. The molecule has 0 amide bonds. The van der Waals surface area contributed by atoms with Crippen molar-refractivity contribution in [1.82, 2.24) is 10.2 Å². The molecule has 0 aromatic heterocycles. The van der Waals surface area contributed by atoms with Gasteiger partial charge in [0, 0.05) is 13.2 Å². The van der Waals surface area contributed by atoms with E-state index in [1.165, 1.54) is 26.1 Å². The van der Waals surface area contributed by atoms with E-state index in [2.05, 4.69) is 24.1 Å². The molecule has 84 valence electrons. The zero-order valence-corrected chi connectivity index (χ0v) is 9.59. The monoisotopic (exact) mass is 200 g/mol. The zero-order chi connectivity index (χ0) is 10.2. The van der Waals surface area contributed by atoms with E-state index in [-0.39, 0.29) is 0 Å². The Hall–Kier alpha value is -0.120. The van der Waals surface area contributed by atoms with E-state index < -0.39 is 0 Å². The summed E-state index contributed by atoms with van der Waals surface area (Å²) in [6, 6.07) is 0. The topological polar surface area (TPSA) is 24.5 Å². The molecule has 14 heavy (non-hydrogen) atoms. The van der Waals surface area contributed by atoms with Gasteiger partial charge in [0.2, 0.25) is 0 Å². The lowest BCUT2D eigenvalue weighted by Gasteiger charge is -2.29. The van der Waals surface area contributed by atoms with Crippen molar-refractivity contribution in [2.24, 2.45) is 5.92 Å². The van der Waals surface area contributed by atoms with E-state index in [9.17, 15) is 0 Å². The number of rotatable bonds is 8. The highest BCUT2D eigenvalue weighted by Gasteiger charge is 2.16. The Morgan fingerprint density at radius 1 is 1.29 bits per heavy atom. The number of likely N-dealkylation sites (N-methyl/N-ethyl adjacent to an activating group) is 1. The summed E-state index contributed by atoms with van der Waals surface area (Å²) in [5, 5.41) is 3.31. The van der Waals surface area contributed by atoms with Gasteiger partial charge in [-0.1, -0.05) is 6.92 Å². The molecule has 1 rings (SSSR count). The van der Waals surface area contributed by atoms with Crippen LogP contribution in [-0.2, 0) is 4.74 Å². The van der Waals surface area contributed by atoms with Gasteiger partial charge in [0.25, 0.3) is 0 Å². The third-order valence-electron chi connectivity index (χ3n) is 2.92. The Balaban J connectivity index is 1.98. The normalized spacial score (nSPS) is 17.4. The quantitative estimate of drug-likeness (QED) is 0.591. The molecule has 1 aliphatic rings. The zero-order valence-electron chi connectivity index (χ0n) is 9.59. The van der Waals surface area contributed by atoms with Gasteiger partial charge in [-0.15, -0.1) is 0 Å². The minimum atomic E-state index is 0.837. The summed E-state index contributed by atoms with van der Waals surface area (Å²) < 4.78 is 5.36. The molecule has 3 heteroatoms. The van der Waals surface area contributed by atoms with Crippen molar-refractivity contribution in [1.29, 1.82) is 0 Å². The van der Waals surface area contributed by atoms with Crippen LogP contribution in [0.15, 0.2) is 0 Å². The van der Waals surface area contributed by atoms with E-state index in [0.29, 0.717) is 0 Å². The molecule has 1 aliphatic heterocycles. The van der Waals surface area contributed by atoms with Gasteiger partial charge >= 0.3 is 0 Å². The summed E-state index contributed by atoms with van der Waals surface area (Å²) in [4.78, 5) is 2.48. The maximum absolute atomic E-state index is 5.36. The molecule has 0 unspecified atom stereocenters. The van der Waals surface area contributed by atoms with Crippen molar-refractivity contribution in [3.05, 3.63) is 0 Å². The Kier molecular flexibility index (Phi) is 6.15. The number of nitrogens with one attached hydrogen (secondary N) is 1. The number of hydrogen-bond acceptors (Lipinski definition) is 3. The minimum absolute atomic E-state index is 0.837. The van der Waals surface area contributed by atoms with Crippen molar-refractivity contribution in [3.63, 3.8) is 0 Å². The Morgan fingerprint density at radius 2 is 2.07 bits per heavy atom. The Bertz CT molecular complexity index is 137. The fourth-order valence-electron chi connectivity index (χ4n) is 1.68. The van der Waals surface area contributed by atoms with Crippen LogP contribution in [0.5, 0.6) is 0 Å². The van der Waals surface area contributed by atoms with Gasteiger partial charge in [0.05, 0.1) is 6.61 Å². The molecule has 1 saturated heterocycles. The van der Waals surface area contributed by atoms with Gasteiger partial charge in [-0.2, -0.15) is 0 Å². The lowest BCUT2D eigenvalue weighted by Crippen LogP contribution is -2.43. The number of nitrogens with zero attached hydrogens (tertiary/aromatic N) is 1. The standard InChI is InChI=1S/C11H24N2O/c1-3-13(7-8-14-4-2)6-5-11-9-12-10-11/h11-12H,3-10H2,1-2H3. The molecule has 1 heterocycles. The number of hydrogen-bond donors (Lipinski definition) is 1. The van der Waals surface area contributed by atoms with E-state index in [1.54, 1.807) is 0 Å². The second-order valence-corrected chi connectivity index (χ2v) is 3.94. The first-order chi connectivity index (χ1) is 6.86. The average molecular weight is 200 g/mol. The lowest BCUT2D eigenvalue weighted by molar-refractivity contribution is 0.111. The van der Waals surface area contributed by atoms with Gasteiger partial charge in [-0.25, -0.2) is 0 Å². The third kappa shape index (κ3) is 4.40. The largest absolute Gasteiger partial charge is 0.380 e. The first kappa shape index (κ1) is 12.0. The van der Waals surface area contributed by atoms with Crippen LogP contribution in [-0.4, -0.2) is 50.8 Å². The predicted octanol–water partition coefficient (Wildman–Crippen LogP) is 0.954. The fourth-order valence-corrected chi connectivity index (χ4v) is 1.68. The van der Waals surface area contributed by atoms with Crippen LogP contribution in [0, 0.1) is 5.92 Å². The van der Waals surface area contributed by atoms with E-state index in [0.717, 1.165) is 32.2 Å². The highest BCUT2D eigenvalue weighted by molar-refractivity contribution is 4.75. The fraction of sp³-hybridized carbons (Fsp3) is 1.00. The Morgan fingerprint density at radius 3 is 2.57 bits per heavy atom. The van der Waals surface area contributed by atoms with Crippen molar-refractivity contribution in [3.8, 4) is 0 Å². The molecule has 0 aliphatic carbocycles. The Labute approximate surface area is 87.8 Å². The molecule has 0 aromatic carbocycles. The van der Waals surface area contributed by atoms with Crippen LogP contribution in [0.2, 0.25) is 0 Å². The second-order valence-electron chi connectivity index (χ2n) is 3.94. The van der Waals surface area contributed by atoms with E-state index in [4.69, 9.17) is 4.74 Å². The highest BCUT2D eigenvalue weighted by atomic mass is 16.5. The molecule has 0 atom stereocenters. The van der Waals surface area contributed by atoms with Crippen molar-refractivity contribution in [2.45, 2.75) is 20.3 Å². The maximum Gasteiger partial charge on any atom is 0.0593 e. The van der Waals surface area contributed by atoms with Crippen LogP contribution >= 0.6 is 0 Å². The van der Waals surface area contributed by atoms with Gasteiger partial charge in [0.1, 0.15) is 0 Å². The summed E-state index contributed by atoms with van der Waals surface area (Å²) in [6.45, 7) is 11.9. The van der Waals surface area contributed by atoms with Crippen LogP contribution in [0.4, 0.5) is 0 Å². The first-order valence-corrected chi connectivity index (χ1v) is 5.87. The lowest BCUT2D eigenvalue weighted by atomic mass is 9.99.